The number of hydrogen-bond acceptors (Lipinski definition) is 5. The number of piperidine rings is 1. The van der Waals surface area contributed by atoms with Crippen molar-refractivity contribution in [3.8, 4) is 0 Å². The number of nitrogens with one attached hydrogen (secondary N) is 1. The van der Waals surface area contributed by atoms with E-state index in [4.69, 9.17) is 9.47 Å². The average molecular weight is 394 g/mol. The summed E-state index contributed by atoms with van der Waals surface area (Å²) < 4.78 is 11.2. The normalized spacial score (nSPS) is 34.0. The maximum Gasteiger partial charge on any atom is 0.225 e. The van der Waals surface area contributed by atoms with Crippen LogP contribution in [0.15, 0.2) is 0 Å². The number of hydrogen-bond donors (Lipinski definition) is 1. The molecule has 28 heavy (non-hydrogen) atoms. The minimum atomic E-state index is 0.116. The predicted molar refractivity (Wildman–Crippen MR) is 109 cm³/mol. The standard InChI is InChI=1S/C22H39N3O3/c1-27-21-16-17(22(26)25-12-14-28-15-13-25)6-7-20(21)23-18-8-10-24(11-9-18)19-4-2-3-5-19/h17-21,23H,2-16H2,1H3/t17-,20-,21-/m0/s1. The van der Waals surface area contributed by atoms with Gasteiger partial charge in [-0.1, -0.05) is 12.8 Å². The van der Waals surface area contributed by atoms with Crippen molar-refractivity contribution in [1.82, 2.24) is 15.1 Å². The molecule has 6 heteroatoms. The average Bonchev–Trinajstić information content (AvgIpc) is 3.29. The van der Waals surface area contributed by atoms with E-state index in [1.54, 1.807) is 0 Å². The second kappa shape index (κ2) is 9.88. The lowest BCUT2D eigenvalue weighted by Gasteiger charge is -2.42. The summed E-state index contributed by atoms with van der Waals surface area (Å²) in [6, 6.07) is 1.85. The van der Waals surface area contributed by atoms with Crippen molar-refractivity contribution in [3.05, 3.63) is 0 Å². The number of rotatable bonds is 5. The lowest BCUT2D eigenvalue weighted by Crippen LogP contribution is -2.54. The molecule has 0 aromatic carbocycles. The number of nitrogens with zero attached hydrogens (tertiary/aromatic N) is 2. The minimum Gasteiger partial charge on any atom is -0.380 e. The van der Waals surface area contributed by atoms with Crippen LogP contribution in [-0.4, -0.2) is 86.4 Å². The molecule has 2 aliphatic carbocycles. The summed E-state index contributed by atoms with van der Waals surface area (Å²) in [4.78, 5) is 17.6. The van der Waals surface area contributed by atoms with Gasteiger partial charge >= 0.3 is 0 Å². The molecule has 0 aromatic rings. The van der Waals surface area contributed by atoms with Gasteiger partial charge in [-0.25, -0.2) is 0 Å². The van der Waals surface area contributed by atoms with E-state index in [0.29, 0.717) is 31.2 Å². The van der Waals surface area contributed by atoms with Crippen LogP contribution in [-0.2, 0) is 14.3 Å². The van der Waals surface area contributed by atoms with Crippen molar-refractivity contribution in [2.45, 2.75) is 82.0 Å². The van der Waals surface area contributed by atoms with Gasteiger partial charge in [-0.05, 0) is 58.0 Å². The van der Waals surface area contributed by atoms with Crippen LogP contribution in [0.25, 0.3) is 0 Å². The van der Waals surface area contributed by atoms with Crippen LogP contribution in [0.5, 0.6) is 0 Å². The monoisotopic (exact) mass is 393 g/mol. The molecule has 160 valence electrons. The lowest BCUT2D eigenvalue weighted by molar-refractivity contribution is -0.142. The number of likely N-dealkylation sites (tertiary alicyclic amines) is 1. The second-order valence-electron chi connectivity index (χ2n) is 9.24. The molecule has 4 fully saturated rings. The van der Waals surface area contributed by atoms with Gasteiger partial charge in [-0.15, -0.1) is 0 Å². The van der Waals surface area contributed by atoms with Crippen LogP contribution in [0.3, 0.4) is 0 Å². The molecule has 4 aliphatic rings. The molecule has 4 rings (SSSR count). The first-order valence-electron chi connectivity index (χ1n) is 11.6. The van der Waals surface area contributed by atoms with E-state index in [1.807, 2.05) is 12.0 Å². The van der Waals surface area contributed by atoms with Gasteiger partial charge in [0.2, 0.25) is 5.91 Å². The van der Waals surface area contributed by atoms with E-state index in [9.17, 15) is 4.79 Å². The van der Waals surface area contributed by atoms with E-state index in [-0.39, 0.29) is 12.0 Å². The summed E-state index contributed by atoms with van der Waals surface area (Å²) in [6.07, 6.45) is 11.2. The topological polar surface area (TPSA) is 54.0 Å². The first-order valence-corrected chi connectivity index (χ1v) is 11.6. The molecule has 2 heterocycles. The maximum absolute atomic E-state index is 12.9. The zero-order chi connectivity index (χ0) is 19.3. The van der Waals surface area contributed by atoms with Crippen molar-refractivity contribution < 1.29 is 14.3 Å². The van der Waals surface area contributed by atoms with Crippen LogP contribution >= 0.6 is 0 Å². The summed E-state index contributed by atoms with van der Waals surface area (Å²) in [5.74, 6) is 0.430. The first kappa shape index (κ1) is 20.6. The number of amides is 1. The number of carbonyl (C=O) groups excluding carboxylic acids is 1. The minimum absolute atomic E-state index is 0.116. The number of morpholine rings is 1. The third-order valence-electron chi connectivity index (χ3n) is 7.59. The molecule has 6 nitrogen and oxygen atoms in total. The first-order chi connectivity index (χ1) is 13.7. The molecule has 2 saturated heterocycles. The Labute approximate surface area is 170 Å². The van der Waals surface area contributed by atoms with E-state index in [0.717, 1.165) is 38.4 Å². The van der Waals surface area contributed by atoms with Crippen LogP contribution in [0, 0.1) is 5.92 Å². The molecule has 0 aromatic heterocycles. The Balaban J connectivity index is 1.24. The molecule has 1 N–H and O–H groups in total. The van der Waals surface area contributed by atoms with Gasteiger partial charge in [0, 0.05) is 44.2 Å². The molecular formula is C22H39N3O3. The summed E-state index contributed by atoms with van der Waals surface area (Å²) in [5.41, 5.74) is 0. The number of carbonyl (C=O) groups is 1. The lowest BCUT2D eigenvalue weighted by atomic mass is 9.82. The SMILES string of the molecule is CO[C@H]1C[C@@H](C(=O)N2CCOCC2)CC[C@@H]1NC1CCN(C2CCCC2)CC1. The van der Waals surface area contributed by atoms with Gasteiger partial charge in [-0.3, -0.25) is 4.79 Å². The van der Waals surface area contributed by atoms with Gasteiger partial charge in [0.15, 0.2) is 0 Å². The Morgan fingerprint density at radius 3 is 2.36 bits per heavy atom. The van der Waals surface area contributed by atoms with E-state index in [2.05, 4.69) is 10.2 Å². The van der Waals surface area contributed by atoms with Gasteiger partial charge in [0.25, 0.3) is 0 Å². The molecule has 0 radical (unpaired) electrons. The molecule has 0 spiro atoms. The van der Waals surface area contributed by atoms with Crippen LogP contribution in [0.2, 0.25) is 0 Å². The Morgan fingerprint density at radius 2 is 1.68 bits per heavy atom. The Bertz CT molecular complexity index is 497. The smallest absolute Gasteiger partial charge is 0.225 e. The van der Waals surface area contributed by atoms with Gasteiger partial charge < -0.3 is 24.6 Å². The maximum atomic E-state index is 12.9. The Morgan fingerprint density at radius 1 is 0.964 bits per heavy atom. The molecule has 0 bridgehead atoms. The van der Waals surface area contributed by atoms with E-state index >= 15 is 0 Å². The van der Waals surface area contributed by atoms with E-state index < -0.39 is 0 Å². The quantitative estimate of drug-likeness (QED) is 0.775. The summed E-state index contributed by atoms with van der Waals surface area (Å²) in [6.45, 7) is 5.32. The predicted octanol–water partition coefficient (Wildman–Crippen LogP) is 2.03. The molecular weight excluding hydrogens is 354 g/mol. The van der Waals surface area contributed by atoms with Crippen molar-refractivity contribution >= 4 is 5.91 Å². The fourth-order valence-electron chi connectivity index (χ4n) is 5.85. The molecule has 3 atom stereocenters. The van der Waals surface area contributed by atoms with E-state index in [1.165, 1.54) is 51.6 Å². The molecule has 2 saturated carbocycles. The second-order valence-corrected chi connectivity index (χ2v) is 9.24. The van der Waals surface area contributed by atoms with Gasteiger partial charge in [0.1, 0.15) is 0 Å². The number of methoxy groups -OCH3 is 1. The highest BCUT2D eigenvalue weighted by Crippen LogP contribution is 2.30. The Kier molecular flexibility index (Phi) is 7.26. The molecule has 2 aliphatic heterocycles. The summed E-state index contributed by atoms with van der Waals surface area (Å²) >= 11 is 0. The van der Waals surface area contributed by atoms with Gasteiger partial charge in [0.05, 0.1) is 19.3 Å². The largest absolute Gasteiger partial charge is 0.380 e. The highest BCUT2D eigenvalue weighted by Gasteiger charge is 2.37. The van der Waals surface area contributed by atoms with Crippen molar-refractivity contribution in [3.63, 3.8) is 0 Å². The van der Waals surface area contributed by atoms with Crippen LogP contribution < -0.4 is 5.32 Å². The third-order valence-corrected chi connectivity index (χ3v) is 7.59. The Hall–Kier alpha value is -0.690. The third kappa shape index (κ3) is 4.89. The van der Waals surface area contributed by atoms with Crippen molar-refractivity contribution in [1.29, 1.82) is 0 Å². The molecule has 0 unspecified atom stereocenters. The zero-order valence-electron chi connectivity index (χ0n) is 17.6. The highest BCUT2D eigenvalue weighted by molar-refractivity contribution is 5.79. The van der Waals surface area contributed by atoms with Crippen LogP contribution in [0.4, 0.5) is 0 Å². The van der Waals surface area contributed by atoms with Crippen molar-refractivity contribution in [2.75, 3.05) is 46.5 Å². The van der Waals surface area contributed by atoms with Gasteiger partial charge in [-0.2, -0.15) is 0 Å². The fourth-order valence-corrected chi connectivity index (χ4v) is 5.85. The van der Waals surface area contributed by atoms with Crippen LogP contribution in [0.1, 0.15) is 57.8 Å². The number of ether oxygens (including phenoxy) is 2. The molecule has 1 amide bonds. The highest BCUT2D eigenvalue weighted by atomic mass is 16.5. The zero-order valence-corrected chi connectivity index (χ0v) is 17.6. The summed E-state index contributed by atoms with van der Waals surface area (Å²) in [7, 11) is 1.81. The summed E-state index contributed by atoms with van der Waals surface area (Å²) in [5, 5.41) is 3.91. The van der Waals surface area contributed by atoms with Crippen molar-refractivity contribution in [2.24, 2.45) is 5.92 Å². The fraction of sp³-hybridized carbons (Fsp3) is 0.955.